The van der Waals surface area contributed by atoms with Gasteiger partial charge in [-0.05, 0) is 41.0 Å². The SMILES string of the molecule is O=Cc1cc(OCc2ccccc2)ccc1-c1ccc(OCc2ccccc2)nc1. The Kier molecular flexibility index (Phi) is 6.16. The van der Waals surface area contributed by atoms with Gasteiger partial charge in [-0.2, -0.15) is 0 Å². The van der Waals surface area contributed by atoms with Gasteiger partial charge in [0, 0.05) is 23.4 Å². The van der Waals surface area contributed by atoms with Gasteiger partial charge in [0.1, 0.15) is 19.0 Å². The van der Waals surface area contributed by atoms with Gasteiger partial charge >= 0.3 is 0 Å². The van der Waals surface area contributed by atoms with Crippen LogP contribution >= 0.6 is 0 Å². The van der Waals surface area contributed by atoms with Gasteiger partial charge in [0.15, 0.2) is 6.29 Å². The Morgan fingerprint density at radius 2 is 1.40 bits per heavy atom. The molecule has 0 unspecified atom stereocenters. The predicted molar refractivity (Wildman–Crippen MR) is 117 cm³/mol. The van der Waals surface area contributed by atoms with Crippen molar-refractivity contribution in [2.75, 3.05) is 0 Å². The van der Waals surface area contributed by atoms with Crippen molar-refractivity contribution in [2.24, 2.45) is 0 Å². The Hall–Kier alpha value is -3.92. The Balaban J connectivity index is 1.44. The van der Waals surface area contributed by atoms with E-state index >= 15 is 0 Å². The molecule has 4 nitrogen and oxygen atoms in total. The van der Waals surface area contributed by atoms with Crippen LogP contribution in [0.15, 0.2) is 97.2 Å². The highest BCUT2D eigenvalue weighted by molar-refractivity contribution is 5.88. The summed E-state index contributed by atoms with van der Waals surface area (Å²) in [7, 11) is 0. The standard InChI is InChI=1S/C26H21NO3/c28-17-23-15-24(29-18-20-7-3-1-4-8-20)12-13-25(23)22-11-14-26(27-16-22)30-19-21-9-5-2-6-10-21/h1-17H,18-19H2. The van der Waals surface area contributed by atoms with Gasteiger partial charge in [0.05, 0.1) is 0 Å². The Labute approximate surface area is 175 Å². The average molecular weight is 395 g/mol. The fourth-order valence-corrected chi connectivity index (χ4v) is 3.09. The van der Waals surface area contributed by atoms with E-state index < -0.39 is 0 Å². The second kappa shape index (κ2) is 9.52. The highest BCUT2D eigenvalue weighted by atomic mass is 16.5. The highest BCUT2D eigenvalue weighted by Crippen LogP contribution is 2.27. The van der Waals surface area contributed by atoms with Crippen LogP contribution in [0.25, 0.3) is 11.1 Å². The molecule has 4 aromatic rings. The summed E-state index contributed by atoms with van der Waals surface area (Å²) >= 11 is 0. The van der Waals surface area contributed by atoms with Gasteiger partial charge < -0.3 is 9.47 Å². The number of carbonyl (C=O) groups is 1. The molecule has 0 N–H and O–H groups in total. The number of rotatable bonds is 8. The Morgan fingerprint density at radius 1 is 0.733 bits per heavy atom. The van der Waals surface area contributed by atoms with Crippen LogP contribution in [0.2, 0.25) is 0 Å². The Bertz CT molecular complexity index is 1090. The lowest BCUT2D eigenvalue weighted by molar-refractivity contribution is 0.112. The largest absolute Gasteiger partial charge is 0.489 e. The second-order valence-corrected chi connectivity index (χ2v) is 6.80. The lowest BCUT2D eigenvalue weighted by atomic mass is 10.0. The van der Waals surface area contributed by atoms with E-state index in [1.165, 1.54) is 0 Å². The molecule has 4 heteroatoms. The minimum absolute atomic E-state index is 0.452. The fourth-order valence-electron chi connectivity index (χ4n) is 3.09. The topological polar surface area (TPSA) is 48.4 Å². The molecule has 148 valence electrons. The monoisotopic (exact) mass is 395 g/mol. The normalized spacial score (nSPS) is 10.4. The first-order valence-electron chi connectivity index (χ1n) is 9.71. The number of hydrogen-bond acceptors (Lipinski definition) is 4. The molecular formula is C26H21NO3. The number of hydrogen-bond donors (Lipinski definition) is 0. The summed E-state index contributed by atoms with van der Waals surface area (Å²) < 4.78 is 11.6. The van der Waals surface area contributed by atoms with Gasteiger partial charge in [-0.1, -0.05) is 60.7 Å². The zero-order valence-electron chi connectivity index (χ0n) is 16.4. The Morgan fingerprint density at radius 3 is 2.00 bits per heavy atom. The van der Waals surface area contributed by atoms with Gasteiger partial charge in [-0.25, -0.2) is 4.98 Å². The second-order valence-electron chi connectivity index (χ2n) is 6.80. The summed E-state index contributed by atoms with van der Waals surface area (Å²) in [6.45, 7) is 0.910. The van der Waals surface area contributed by atoms with Crippen LogP contribution in [0.5, 0.6) is 11.6 Å². The molecule has 0 aliphatic carbocycles. The molecule has 0 saturated carbocycles. The lowest BCUT2D eigenvalue weighted by Crippen LogP contribution is -1.98. The molecule has 0 bridgehead atoms. The van der Waals surface area contributed by atoms with E-state index in [4.69, 9.17) is 9.47 Å². The average Bonchev–Trinajstić information content (AvgIpc) is 2.83. The van der Waals surface area contributed by atoms with Crippen LogP contribution in [0, 0.1) is 0 Å². The van der Waals surface area contributed by atoms with E-state index in [0.29, 0.717) is 30.4 Å². The predicted octanol–water partition coefficient (Wildman–Crippen LogP) is 5.72. The van der Waals surface area contributed by atoms with Crippen LogP contribution < -0.4 is 9.47 Å². The maximum Gasteiger partial charge on any atom is 0.213 e. The first kappa shape index (κ1) is 19.4. The first-order chi connectivity index (χ1) is 14.8. The van der Waals surface area contributed by atoms with Crippen molar-refractivity contribution in [1.29, 1.82) is 0 Å². The molecule has 0 saturated heterocycles. The third-order valence-electron chi connectivity index (χ3n) is 4.68. The molecule has 0 fully saturated rings. The first-order valence-corrected chi connectivity index (χ1v) is 9.71. The zero-order chi connectivity index (χ0) is 20.6. The smallest absolute Gasteiger partial charge is 0.213 e. The van der Waals surface area contributed by atoms with Crippen LogP contribution in [-0.4, -0.2) is 11.3 Å². The number of benzene rings is 3. The number of aldehydes is 1. The van der Waals surface area contributed by atoms with Crippen LogP contribution in [0.1, 0.15) is 21.5 Å². The van der Waals surface area contributed by atoms with Crippen molar-refractivity contribution in [3.63, 3.8) is 0 Å². The molecule has 0 spiro atoms. The molecule has 1 aromatic heterocycles. The van der Waals surface area contributed by atoms with E-state index in [0.717, 1.165) is 28.5 Å². The van der Waals surface area contributed by atoms with E-state index in [1.54, 1.807) is 12.3 Å². The van der Waals surface area contributed by atoms with Crippen molar-refractivity contribution >= 4 is 6.29 Å². The third-order valence-corrected chi connectivity index (χ3v) is 4.68. The molecule has 0 amide bonds. The molecule has 4 rings (SSSR count). The van der Waals surface area contributed by atoms with Crippen LogP contribution in [0.3, 0.4) is 0 Å². The molecule has 0 atom stereocenters. The maximum absolute atomic E-state index is 11.7. The van der Waals surface area contributed by atoms with Crippen molar-refractivity contribution < 1.29 is 14.3 Å². The zero-order valence-corrected chi connectivity index (χ0v) is 16.4. The van der Waals surface area contributed by atoms with Gasteiger partial charge in [0.25, 0.3) is 0 Å². The van der Waals surface area contributed by atoms with Gasteiger partial charge in [-0.15, -0.1) is 0 Å². The molecular weight excluding hydrogens is 374 g/mol. The van der Waals surface area contributed by atoms with Crippen molar-refractivity contribution in [1.82, 2.24) is 4.98 Å². The molecule has 30 heavy (non-hydrogen) atoms. The quantitative estimate of drug-likeness (QED) is 0.358. The van der Waals surface area contributed by atoms with E-state index in [-0.39, 0.29) is 0 Å². The number of carbonyl (C=O) groups excluding carboxylic acids is 1. The minimum atomic E-state index is 0.452. The maximum atomic E-state index is 11.7. The number of ether oxygens (including phenoxy) is 2. The summed E-state index contributed by atoms with van der Waals surface area (Å²) in [6, 6.07) is 29.1. The molecule has 0 aliphatic rings. The number of nitrogens with zero attached hydrogens (tertiary/aromatic N) is 1. The third kappa shape index (κ3) is 4.92. The lowest BCUT2D eigenvalue weighted by Gasteiger charge is -2.11. The molecule has 3 aromatic carbocycles. The summed E-state index contributed by atoms with van der Waals surface area (Å²) in [5.74, 6) is 1.19. The molecule has 0 aliphatic heterocycles. The summed E-state index contributed by atoms with van der Waals surface area (Å²) in [5.41, 5.74) is 4.36. The summed E-state index contributed by atoms with van der Waals surface area (Å²) in [5, 5.41) is 0. The van der Waals surface area contributed by atoms with Crippen LogP contribution in [-0.2, 0) is 13.2 Å². The fraction of sp³-hybridized carbons (Fsp3) is 0.0769. The number of aromatic nitrogens is 1. The summed E-state index contributed by atoms with van der Waals surface area (Å²) in [4.78, 5) is 16.0. The summed E-state index contributed by atoms with van der Waals surface area (Å²) in [6.07, 6.45) is 2.55. The van der Waals surface area contributed by atoms with Crippen molar-refractivity contribution in [2.45, 2.75) is 13.2 Å². The van der Waals surface area contributed by atoms with Gasteiger partial charge in [-0.3, -0.25) is 4.79 Å². The van der Waals surface area contributed by atoms with E-state index in [9.17, 15) is 4.79 Å². The highest BCUT2D eigenvalue weighted by Gasteiger charge is 2.08. The van der Waals surface area contributed by atoms with Crippen LogP contribution in [0.4, 0.5) is 0 Å². The molecule has 1 heterocycles. The van der Waals surface area contributed by atoms with Gasteiger partial charge in [0.2, 0.25) is 5.88 Å². The molecule has 0 radical (unpaired) electrons. The van der Waals surface area contributed by atoms with Crippen molar-refractivity contribution in [3.8, 4) is 22.8 Å². The van der Waals surface area contributed by atoms with Crippen molar-refractivity contribution in [3.05, 3.63) is 114 Å². The number of pyridine rings is 1. The van der Waals surface area contributed by atoms with E-state index in [2.05, 4.69) is 4.98 Å². The minimum Gasteiger partial charge on any atom is -0.489 e. The van der Waals surface area contributed by atoms with E-state index in [1.807, 2.05) is 84.9 Å².